The van der Waals surface area contributed by atoms with Crippen LogP contribution < -0.4 is 10.9 Å². The van der Waals surface area contributed by atoms with Crippen LogP contribution in [-0.4, -0.2) is 27.8 Å². The maximum absolute atomic E-state index is 13.1. The topological polar surface area (TPSA) is 89.0 Å². The zero-order chi connectivity index (χ0) is 21.0. The first-order chi connectivity index (χ1) is 13.9. The molecular formula is C22H26N4O3. The van der Waals surface area contributed by atoms with Gasteiger partial charge in [-0.05, 0) is 48.2 Å². The summed E-state index contributed by atoms with van der Waals surface area (Å²) in [6.07, 6.45) is 1.71. The molecule has 0 aliphatic heterocycles. The van der Waals surface area contributed by atoms with Gasteiger partial charge in [0.05, 0.1) is 24.5 Å². The first-order valence-electron chi connectivity index (χ1n) is 9.53. The molecule has 0 saturated carbocycles. The number of rotatable bonds is 7. The highest BCUT2D eigenvalue weighted by Gasteiger charge is 2.17. The van der Waals surface area contributed by atoms with Gasteiger partial charge in [0.15, 0.2) is 0 Å². The number of nitrogens with zero attached hydrogens (tertiary/aromatic N) is 2. The number of hydrogen-bond acceptors (Lipinski definition) is 4. The van der Waals surface area contributed by atoms with Gasteiger partial charge in [0.1, 0.15) is 5.56 Å². The molecule has 3 aromatic rings. The number of carbonyl (C=O) groups is 1. The van der Waals surface area contributed by atoms with Gasteiger partial charge in [0.25, 0.3) is 11.5 Å². The van der Waals surface area contributed by atoms with E-state index in [9.17, 15) is 9.59 Å². The van der Waals surface area contributed by atoms with Gasteiger partial charge in [0.2, 0.25) is 0 Å². The van der Waals surface area contributed by atoms with Crippen molar-refractivity contribution in [2.75, 3.05) is 7.11 Å². The molecule has 2 heterocycles. The second-order valence-corrected chi connectivity index (χ2v) is 7.30. The van der Waals surface area contributed by atoms with Crippen LogP contribution in [0.5, 0.6) is 0 Å². The summed E-state index contributed by atoms with van der Waals surface area (Å²) in [5.74, 6) is -0.0685. The average molecular weight is 394 g/mol. The predicted octanol–water partition coefficient (Wildman–Crippen LogP) is 3.07. The van der Waals surface area contributed by atoms with Crippen LogP contribution in [0.25, 0.3) is 5.69 Å². The van der Waals surface area contributed by atoms with Crippen molar-refractivity contribution in [1.82, 2.24) is 20.1 Å². The molecule has 7 nitrogen and oxygen atoms in total. The van der Waals surface area contributed by atoms with E-state index in [0.29, 0.717) is 18.1 Å². The van der Waals surface area contributed by atoms with Gasteiger partial charge in [-0.3, -0.25) is 19.3 Å². The number of benzene rings is 1. The molecular weight excluding hydrogens is 368 g/mol. The smallest absolute Gasteiger partial charge is 0.268 e. The Morgan fingerprint density at radius 1 is 1.28 bits per heavy atom. The van der Waals surface area contributed by atoms with E-state index in [1.165, 1.54) is 4.57 Å². The SMILES string of the molecule is COCc1cc(CNC(=O)c2c(C)ccn(-c3cccc(C(C)C)c3)c2=O)[nH]n1. The molecule has 2 aromatic heterocycles. The molecule has 3 rings (SSSR count). The van der Waals surface area contributed by atoms with Crippen LogP contribution in [0.2, 0.25) is 0 Å². The third-order valence-corrected chi connectivity index (χ3v) is 4.76. The van der Waals surface area contributed by atoms with Crippen molar-refractivity contribution in [3.05, 3.63) is 81.0 Å². The van der Waals surface area contributed by atoms with Crippen LogP contribution in [0.1, 0.15) is 52.6 Å². The third kappa shape index (κ3) is 4.63. The lowest BCUT2D eigenvalue weighted by atomic mass is 10.0. The summed E-state index contributed by atoms with van der Waals surface area (Å²) in [5.41, 5.74) is 3.80. The van der Waals surface area contributed by atoms with Crippen LogP contribution in [0.15, 0.2) is 47.4 Å². The zero-order valence-electron chi connectivity index (χ0n) is 17.2. The molecule has 0 fully saturated rings. The van der Waals surface area contributed by atoms with E-state index in [-0.39, 0.29) is 17.7 Å². The van der Waals surface area contributed by atoms with Crippen LogP contribution in [0.3, 0.4) is 0 Å². The molecule has 2 N–H and O–H groups in total. The van der Waals surface area contributed by atoms with Crippen molar-refractivity contribution < 1.29 is 9.53 Å². The van der Waals surface area contributed by atoms with E-state index in [0.717, 1.165) is 22.6 Å². The van der Waals surface area contributed by atoms with E-state index in [1.54, 1.807) is 26.3 Å². The molecule has 7 heteroatoms. The molecule has 1 aromatic carbocycles. The minimum atomic E-state index is -0.412. The summed E-state index contributed by atoms with van der Waals surface area (Å²) in [5, 5.41) is 9.75. The van der Waals surface area contributed by atoms with E-state index in [1.807, 2.05) is 30.3 Å². The summed E-state index contributed by atoms with van der Waals surface area (Å²) in [4.78, 5) is 25.8. The van der Waals surface area contributed by atoms with E-state index in [2.05, 4.69) is 29.4 Å². The third-order valence-electron chi connectivity index (χ3n) is 4.76. The average Bonchev–Trinajstić information content (AvgIpc) is 3.14. The van der Waals surface area contributed by atoms with Gasteiger partial charge < -0.3 is 10.1 Å². The van der Waals surface area contributed by atoms with Crippen LogP contribution in [0, 0.1) is 6.92 Å². The first-order valence-corrected chi connectivity index (χ1v) is 9.53. The number of pyridine rings is 1. The number of H-pyrrole nitrogens is 1. The number of carbonyl (C=O) groups excluding carboxylic acids is 1. The number of ether oxygens (including phenoxy) is 1. The number of nitrogens with one attached hydrogen (secondary N) is 2. The molecule has 0 bridgehead atoms. The quantitative estimate of drug-likeness (QED) is 0.645. The van der Waals surface area contributed by atoms with E-state index in [4.69, 9.17) is 4.74 Å². The minimum absolute atomic E-state index is 0.138. The predicted molar refractivity (Wildman–Crippen MR) is 111 cm³/mol. The van der Waals surface area contributed by atoms with Gasteiger partial charge in [-0.1, -0.05) is 26.0 Å². The van der Waals surface area contributed by atoms with Gasteiger partial charge >= 0.3 is 0 Å². The normalized spacial score (nSPS) is 11.1. The molecule has 0 spiro atoms. The number of amides is 1. The Labute approximate surface area is 169 Å². The van der Waals surface area contributed by atoms with Crippen molar-refractivity contribution in [2.45, 2.75) is 39.8 Å². The number of aryl methyl sites for hydroxylation is 1. The summed E-state index contributed by atoms with van der Waals surface area (Å²) in [7, 11) is 1.59. The Morgan fingerprint density at radius 3 is 2.79 bits per heavy atom. The lowest BCUT2D eigenvalue weighted by Gasteiger charge is -2.13. The van der Waals surface area contributed by atoms with Crippen LogP contribution in [0.4, 0.5) is 0 Å². The van der Waals surface area contributed by atoms with Gasteiger partial charge in [-0.15, -0.1) is 0 Å². The standard InChI is InChI=1S/C22H26N4O3/c1-14(2)16-6-5-7-19(10-16)26-9-8-15(3)20(22(26)28)21(27)23-12-17-11-18(13-29-4)25-24-17/h5-11,14H,12-13H2,1-4H3,(H,23,27)(H,24,25). The number of hydrogen-bond donors (Lipinski definition) is 2. The minimum Gasteiger partial charge on any atom is -0.378 e. The maximum Gasteiger partial charge on any atom is 0.268 e. The second kappa shape index (κ2) is 8.87. The van der Waals surface area contributed by atoms with Crippen LogP contribution >= 0.6 is 0 Å². The molecule has 152 valence electrons. The maximum atomic E-state index is 13.1. The Bertz CT molecular complexity index is 1070. The lowest BCUT2D eigenvalue weighted by Crippen LogP contribution is -2.33. The molecule has 0 unspecified atom stereocenters. The van der Waals surface area contributed by atoms with Crippen LogP contribution in [-0.2, 0) is 17.9 Å². The fourth-order valence-corrected chi connectivity index (χ4v) is 3.13. The highest BCUT2D eigenvalue weighted by atomic mass is 16.5. The highest BCUT2D eigenvalue weighted by Crippen LogP contribution is 2.18. The van der Waals surface area contributed by atoms with Gasteiger partial charge in [0, 0.05) is 19.0 Å². The number of aromatic amines is 1. The zero-order valence-corrected chi connectivity index (χ0v) is 17.2. The molecule has 29 heavy (non-hydrogen) atoms. The van der Waals surface area contributed by atoms with Gasteiger partial charge in [-0.25, -0.2) is 0 Å². The fraction of sp³-hybridized carbons (Fsp3) is 0.318. The first kappa shape index (κ1) is 20.5. The molecule has 1 amide bonds. The number of aromatic nitrogens is 3. The Balaban J connectivity index is 1.85. The molecule has 0 radical (unpaired) electrons. The monoisotopic (exact) mass is 394 g/mol. The summed E-state index contributed by atoms with van der Waals surface area (Å²) in [6.45, 7) is 6.60. The van der Waals surface area contributed by atoms with Crippen molar-refractivity contribution >= 4 is 5.91 Å². The van der Waals surface area contributed by atoms with Crippen molar-refractivity contribution in [2.24, 2.45) is 0 Å². The van der Waals surface area contributed by atoms with Gasteiger partial charge in [-0.2, -0.15) is 5.10 Å². The fourth-order valence-electron chi connectivity index (χ4n) is 3.13. The number of methoxy groups -OCH3 is 1. The van der Waals surface area contributed by atoms with E-state index >= 15 is 0 Å². The Hall–Kier alpha value is -3.19. The highest BCUT2D eigenvalue weighted by molar-refractivity contribution is 5.95. The molecule has 0 atom stereocenters. The Kier molecular flexibility index (Phi) is 6.29. The molecule has 0 saturated heterocycles. The summed E-state index contributed by atoms with van der Waals surface area (Å²) in [6, 6.07) is 11.4. The van der Waals surface area contributed by atoms with Crippen molar-refractivity contribution in [3.63, 3.8) is 0 Å². The second-order valence-electron chi connectivity index (χ2n) is 7.30. The Morgan fingerprint density at radius 2 is 2.07 bits per heavy atom. The molecule has 0 aliphatic rings. The summed E-state index contributed by atoms with van der Waals surface area (Å²) >= 11 is 0. The summed E-state index contributed by atoms with van der Waals surface area (Å²) < 4.78 is 6.55. The van der Waals surface area contributed by atoms with Crippen molar-refractivity contribution in [3.8, 4) is 5.69 Å². The van der Waals surface area contributed by atoms with E-state index < -0.39 is 5.91 Å². The van der Waals surface area contributed by atoms with Crippen molar-refractivity contribution in [1.29, 1.82) is 0 Å². The largest absolute Gasteiger partial charge is 0.378 e. The molecule has 0 aliphatic carbocycles. The lowest BCUT2D eigenvalue weighted by molar-refractivity contribution is 0.0948.